The van der Waals surface area contributed by atoms with Gasteiger partial charge in [-0.05, 0) is 53.5 Å². The number of nitrogens with zero attached hydrogens (tertiary/aromatic N) is 1. The van der Waals surface area contributed by atoms with Gasteiger partial charge >= 0.3 is 5.97 Å². The molecule has 0 spiro atoms. The average Bonchev–Trinajstić information content (AvgIpc) is 3.47. The number of carbonyl (C=O) groups is 2. The molecule has 5 rings (SSSR count). The number of benzene rings is 3. The Kier molecular flexibility index (Phi) is 6.58. The summed E-state index contributed by atoms with van der Waals surface area (Å²) in [6, 6.07) is 30.6. The first-order valence-corrected chi connectivity index (χ1v) is 11.6. The van der Waals surface area contributed by atoms with Gasteiger partial charge in [0.05, 0.1) is 18.4 Å². The standard InChI is InChI=1S/C30H24N2O4/c33-28(17-16-25-15-8-18-35-25)36-26-14-7-9-22(19-26)21-31-32-29(34)27-20-30(27,23-10-3-1-4-11-23)24-12-5-2-6-13-24/h1-19,21,27H,20H2,(H,32,34)/b17-16+,31-21?/t27-/m1/s1. The van der Waals surface area contributed by atoms with Crippen LogP contribution in [0.2, 0.25) is 0 Å². The van der Waals surface area contributed by atoms with Crippen molar-refractivity contribution in [3.8, 4) is 5.75 Å². The predicted molar refractivity (Wildman–Crippen MR) is 137 cm³/mol. The third-order valence-corrected chi connectivity index (χ3v) is 6.25. The number of furan rings is 1. The van der Waals surface area contributed by atoms with E-state index in [-0.39, 0.29) is 17.2 Å². The SMILES string of the molecule is O=C(/C=C/c1ccco1)Oc1cccc(C=NNC(=O)[C@H]2CC2(c2ccccc2)c2ccccc2)c1. The Morgan fingerprint density at radius 2 is 1.64 bits per heavy atom. The smallest absolute Gasteiger partial charge is 0.336 e. The van der Waals surface area contributed by atoms with E-state index in [0.717, 1.165) is 17.5 Å². The lowest BCUT2D eigenvalue weighted by Crippen LogP contribution is -2.25. The van der Waals surface area contributed by atoms with Gasteiger partial charge in [0.15, 0.2) is 0 Å². The lowest BCUT2D eigenvalue weighted by molar-refractivity contribution is -0.129. The number of rotatable bonds is 8. The fraction of sp³-hybridized carbons (Fsp3) is 0.100. The molecule has 1 aliphatic carbocycles. The number of nitrogens with one attached hydrogen (secondary N) is 1. The maximum atomic E-state index is 13.0. The number of amides is 1. The number of hydrazone groups is 1. The van der Waals surface area contributed by atoms with Crippen molar-refractivity contribution in [2.45, 2.75) is 11.8 Å². The highest BCUT2D eigenvalue weighted by Gasteiger charge is 2.60. The summed E-state index contributed by atoms with van der Waals surface area (Å²) in [5.41, 5.74) is 5.26. The Labute approximate surface area is 208 Å². The van der Waals surface area contributed by atoms with E-state index in [9.17, 15) is 9.59 Å². The average molecular weight is 477 g/mol. The highest BCUT2D eigenvalue weighted by Crippen LogP contribution is 2.58. The second-order valence-corrected chi connectivity index (χ2v) is 8.54. The van der Waals surface area contributed by atoms with Crippen molar-refractivity contribution < 1.29 is 18.7 Å². The Morgan fingerprint density at radius 3 is 2.31 bits per heavy atom. The molecule has 36 heavy (non-hydrogen) atoms. The van der Waals surface area contributed by atoms with Gasteiger partial charge in [0.2, 0.25) is 5.91 Å². The van der Waals surface area contributed by atoms with Crippen LogP contribution in [-0.4, -0.2) is 18.1 Å². The molecule has 1 saturated carbocycles. The third-order valence-electron chi connectivity index (χ3n) is 6.25. The first kappa shape index (κ1) is 23.1. The minimum Gasteiger partial charge on any atom is -0.465 e. The van der Waals surface area contributed by atoms with Gasteiger partial charge in [-0.1, -0.05) is 72.8 Å². The van der Waals surface area contributed by atoms with Gasteiger partial charge in [-0.3, -0.25) is 4.79 Å². The van der Waals surface area contributed by atoms with Crippen molar-refractivity contribution in [1.82, 2.24) is 5.43 Å². The quantitative estimate of drug-likeness (QED) is 0.122. The Balaban J connectivity index is 1.23. The molecule has 0 unspecified atom stereocenters. The third kappa shape index (κ3) is 5.03. The van der Waals surface area contributed by atoms with Crippen LogP contribution in [0.5, 0.6) is 5.75 Å². The second-order valence-electron chi connectivity index (χ2n) is 8.54. The van der Waals surface area contributed by atoms with Crippen LogP contribution in [0.15, 0.2) is 119 Å². The molecule has 1 N–H and O–H groups in total. The zero-order valence-electron chi connectivity index (χ0n) is 19.4. The summed E-state index contributed by atoms with van der Waals surface area (Å²) in [5, 5.41) is 4.15. The molecule has 0 aliphatic heterocycles. The normalized spacial score (nSPS) is 16.2. The van der Waals surface area contributed by atoms with Crippen LogP contribution >= 0.6 is 0 Å². The fourth-order valence-electron chi connectivity index (χ4n) is 4.45. The molecule has 1 aliphatic rings. The van der Waals surface area contributed by atoms with E-state index < -0.39 is 5.97 Å². The maximum absolute atomic E-state index is 13.0. The number of carbonyl (C=O) groups excluding carboxylic acids is 2. The molecule has 0 radical (unpaired) electrons. The summed E-state index contributed by atoms with van der Waals surface area (Å²) in [5.74, 6) is 0.0505. The molecule has 178 valence electrons. The lowest BCUT2D eigenvalue weighted by Gasteiger charge is -2.18. The van der Waals surface area contributed by atoms with E-state index in [0.29, 0.717) is 17.1 Å². The molecule has 6 heteroatoms. The molecule has 6 nitrogen and oxygen atoms in total. The molecule has 3 aromatic carbocycles. The molecule has 1 amide bonds. The first-order valence-electron chi connectivity index (χ1n) is 11.6. The van der Waals surface area contributed by atoms with Gasteiger partial charge in [-0.15, -0.1) is 0 Å². The zero-order valence-corrected chi connectivity index (χ0v) is 19.4. The molecule has 1 atom stereocenters. The molecule has 4 aromatic rings. The monoisotopic (exact) mass is 476 g/mol. The number of hydrogen-bond acceptors (Lipinski definition) is 5. The summed E-state index contributed by atoms with van der Waals surface area (Å²) in [6.07, 6.45) is 6.61. The largest absolute Gasteiger partial charge is 0.465 e. The molecule has 1 heterocycles. The van der Waals surface area contributed by atoms with Crippen molar-refractivity contribution in [1.29, 1.82) is 0 Å². The number of ether oxygens (including phenoxy) is 1. The van der Waals surface area contributed by atoms with E-state index in [1.165, 1.54) is 24.6 Å². The van der Waals surface area contributed by atoms with Crippen molar-refractivity contribution in [3.63, 3.8) is 0 Å². The van der Waals surface area contributed by atoms with Crippen LogP contribution in [0.4, 0.5) is 0 Å². The Bertz CT molecular complexity index is 1350. The van der Waals surface area contributed by atoms with E-state index >= 15 is 0 Å². The molecule has 0 bridgehead atoms. The lowest BCUT2D eigenvalue weighted by atomic mass is 9.85. The van der Waals surface area contributed by atoms with Gasteiger partial charge in [-0.25, -0.2) is 10.2 Å². The van der Waals surface area contributed by atoms with Gasteiger partial charge in [-0.2, -0.15) is 5.10 Å². The van der Waals surface area contributed by atoms with Crippen molar-refractivity contribution in [2.75, 3.05) is 0 Å². The molecule has 0 saturated heterocycles. The topological polar surface area (TPSA) is 80.9 Å². The van der Waals surface area contributed by atoms with Crippen LogP contribution in [0.3, 0.4) is 0 Å². The summed E-state index contributed by atoms with van der Waals surface area (Å²) in [6.45, 7) is 0. The number of esters is 1. The van der Waals surface area contributed by atoms with Gasteiger partial charge in [0.25, 0.3) is 0 Å². The summed E-state index contributed by atoms with van der Waals surface area (Å²) in [4.78, 5) is 25.1. The second kappa shape index (κ2) is 10.3. The van der Waals surface area contributed by atoms with E-state index in [4.69, 9.17) is 9.15 Å². The first-order chi connectivity index (χ1) is 17.6. The van der Waals surface area contributed by atoms with Gasteiger partial charge in [0.1, 0.15) is 11.5 Å². The zero-order chi connectivity index (χ0) is 24.8. The van der Waals surface area contributed by atoms with Crippen molar-refractivity contribution >= 4 is 24.2 Å². The van der Waals surface area contributed by atoms with Crippen LogP contribution in [-0.2, 0) is 15.0 Å². The number of hydrogen-bond donors (Lipinski definition) is 1. The highest BCUT2D eigenvalue weighted by atomic mass is 16.5. The predicted octanol–water partition coefficient (Wildman–Crippen LogP) is 5.35. The summed E-state index contributed by atoms with van der Waals surface area (Å²) >= 11 is 0. The minimum atomic E-state index is -0.527. The summed E-state index contributed by atoms with van der Waals surface area (Å²) < 4.78 is 10.5. The fourth-order valence-corrected chi connectivity index (χ4v) is 4.45. The molecular formula is C30H24N2O4. The van der Waals surface area contributed by atoms with E-state index in [1.54, 1.807) is 36.4 Å². The molecule has 1 aromatic heterocycles. The van der Waals surface area contributed by atoms with E-state index in [1.807, 2.05) is 36.4 Å². The van der Waals surface area contributed by atoms with Crippen LogP contribution < -0.4 is 10.2 Å². The van der Waals surface area contributed by atoms with Gasteiger partial charge in [0, 0.05) is 11.5 Å². The molecule has 1 fully saturated rings. The maximum Gasteiger partial charge on any atom is 0.336 e. The summed E-state index contributed by atoms with van der Waals surface area (Å²) in [7, 11) is 0. The van der Waals surface area contributed by atoms with Crippen molar-refractivity contribution in [2.24, 2.45) is 11.0 Å². The van der Waals surface area contributed by atoms with Crippen molar-refractivity contribution in [3.05, 3.63) is 132 Å². The van der Waals surface area contributed by atoms with Gasteiger partial charge < -0.3 is 9.15 Å². The van der Waals surface area contributed by atoms with Crippen LogP contribution in [0.1, 0.15) is 28.9 Å². The molecular weight excluding hydrogens is 452 g/mol. The van der Waals surface area contributed by atoms with E-state index in [2.05, 4.69) is 34.8 Å². The Hall–Kier alpha value is -4.71. The Morgan fingerprint density at radius 1 is 0.917 bits per heavy atom. The van der Waals surface area contributed by atoms with Crippen LogP contribution in [0.25, 0.3) is 6.08 Å². The highest BCUT2D eigenvalue weighted by molar-refractivity contribution is 5.89. The minimum absolute atomic E-state index is 0.135. The van der Waals surface area contributed by atoms with Crippen LogP contribution in [0, 0.1) is 5.92 Å².